The van der Waals surface area contributed by atoms with E-state index in [4.69, 9.17) is 0 Å². The molecule has 0 radical (unpaired) electrons. The maximum Gasteiger partial charge on any atom is 0.251 e. The summed E-state index contributed by atoms with van der Waals surface area (Å²) < 4.78 is 0. The van der Waals surface area contributed by atoms with Crippen molar-refractivity contribution in [2.75, 3.05) is 0 Å². The van der Waals surface area contributed by atoms with Crippen LogP contribution in [0.5, 0.6) is 0 Å². The summed E-state index contributed by atoms with van der Waals surface area (Å²) in [5, 5.41) is 3.12. The largest absolute Gasteiger partial charge is 0.343 e. The molecule has 0 aromatic heterocycles. The van der Waals surface area contributed by atoms with Crippen molar-refractivity contribution in [3.63, 3.8) is 0 Å². The van der Waals surface area contributed by atoms with E-state index in [1.807, 2.05) is 68.4 Å². The van der Waals surface area contributed by atoms with Gasteiger partial charge in [0.05, 0.1) is 5.54 Å². The van der Waals surface area contributed by atoms with Gasteiger partial charge in [-0.25, -0.2) is 0 Å². The second-order valence-corrected chi connectivity index (χ2v) is 8.22. The first-order valence-electron chi connectivity index (χ1n) is 8.76. The van der Waals surface area contributed by atoms with Crippen LogP contribution in [0.3, 0.4) is 0 Å². The van der Waals surface area contributed by atoms with E-state index in [-0.39, 0.29) is 11.3 Å². The number of hydrogen-bond donors (Lipinski definition) is 1. The zero-order valence-corrected chi connectivity index (χ0v) is 16.2. The van der Waals surface area contributed by atoms with Gasteiger partial charge in [-0.1, -0.05) is 69.3 Å². The van der Waals surface area contributed by atoms with E-state index in [1.165, 1.54) is 5.57 Å². The molecule has 0 heterocycles. The molecule has 1 amide bonds. The van der Waals surface area contributed by atoms with Crippen molar-refractivity contribution in [1.29, 1.82) is 0 Å². The Labute approximate surface area is 152 Å². The zero-order chi connectivity index (χ0) is 18.7. The smallest absolute Gasteiger partial charge is 0.251 e. The number of benzene rings is 2. The number of amides is 1. The summed E-state index contributed by atoms with van der Waals surface area (Å²) in [7, 11) is 0. The van der Waals surface area contributed by atoms with Gasteiger partial charge < -0.3 is 5.32 Å². The SMILES string of the molecule is CC(=CC(C)(C)C)c1ccc(C(=O)NC(C)(C)c2ccccc2)cc1. The van der Waals surface area contributed by atoms with Gasteiger partial charge in [0.25, 0.3) is 5.91 Å². The van der Waals surface area contributed by atoms with E-state index in [2.05, 4.69) is 39.1 Å². The minimum atomic E-state index is -0.418. The minimum absolute atomic E-state index is 0.0575. The minimum Gasteiger partial charge on any atom is -0.343 e. The van der Waals surface area contributed by atoms with Crippen molar-refractivity contribution < 1.29 is 4.79 Å². The first-order chi connectivity index (χ1) is 11.6. The molecule has 25 heavy (non-hydrogen) atoms. The average molecular weight is 335 g/mol. The fraction of sp³-hybridized carbons (Fsp3) is 0.348. The Bertz CT molecular complexity index is 747. The van der Waals surface area contributed by atoms with Crippen molar-refractivity contribution in [1.82, 2.24) is 5.32 Å². The Morgan fingerprint density at radius 3 is 1.88 bits per heavy atom. The lowest BCUT2D eigenvalue weighted by Gasteiger charge is -2.27. The van der Waals surface area contributed by atoms with Crippen LogP contribution in [0.2, 0.25) is 0 Å². The highest BCUT2D eigenvalue weighted by Gasteiger charge is 2.23. The van der Waals surface area contributed by atoms with Gasteiger partial charge in [-0.05, 0) is 55.0 Å². The maximum atomic E-state index is 12.6. The molecule has 0 atom stereocenters. The molecular formula is C23H29NO. The summed E-state index contributed by atoms with van der Waals surface area (Å²) in [4.78, 5) is 12.6. The Hall–Kier alpha value is -2.35. The highest BCUT2D eigenvalue weighted by atomic mass is 16.1. The van der Waals surface area contributed by atoms with E-state index < -0.39 is 5.54 Å². The molecule has 0 aliphatic rings. The highest BCUT2D eigenvalue weighted by molar-refractivity contribution is 5.95. The quantitative estimate of drug-likeness (QED) is 0.751. The number of carbonyl (C=O) groups excluding carboxylic acids is 1. The zero-order valence-electron chi connectivity index (χ0n) is 16.2. The Balaban J connectivity index is 2.15. The van der Waals surface area contributed by atoms with Crippen LogP contribution in [0.4, 0.5) is 0 Å². The fourth-order valence-corrected chi connectivity index (χ4v) is 2.90. The van der Waals surface area contributed by atoms with Crippen LogP contribution in [0, 0.1) is 5.41 Å². The third-order valence-corrected chi connectivity index (χ3v) is 4.17. The lowest BCUT2D eigenvalue weighted by molar-refractivity contribution is 0.0912. The van der Waals surface area contributed by atoms with Gasteiger partial charge in [-0.15, -0.1) is 0 Å². The second kappa shape index (κ2) is 7.26. The topological polar surface area (TPSA) is 29.1 Å². The number of rotatable bonds is 4. The first kappa shape index (κ1) is 19.0. The molecule has 2 aromatic rings. The van der Waals surface area contributed by atoms with Crippen LogP contribution >= 0.6 is 0 Å². The molecule has 2 nitrogen and oxygen atoms in total. The lowest BCUT2D eigenvalue weighted by Crippen LogP contribution is -2.40. The highest BCUT2D eigenvalue weighted by Crippen LogP contribution is 2.24. The van der Waals surface area contributed by atoms with E-state index >= 15 is 0 Å². The third kappa shape index (κ3) is 5.32. The van der Waals surface area contributed by atoms with Crippen molar-refractivity contribution >= 4 is 11.5 Å². The van der Waals surface area contributed by atoms with Crippen LogP contribution < -0.4 is 5.32 Å². The molecule has 1 N–H and O–H groups in total. The van der Waals surface area contributed by atoms with Crippen molar-refractivity contribution in [3.05, 3.63) is 77.4 Å². The Kier molecular flexibility index (Phi) is 5.52. The fourth-order valence-electron chi connectivity index (χ4n) is 2.90. The molecule has 2 heteroatoms. The molecule has 2 aromatic carbocycles. The van der Waals surface area contributed by atoms with E-state index in [0.29, 0.717) is 5.56 Å². The van der Waals surface area contributed by atoms with Gasteiger partial charge in [0.2, 0.25) is 0 Å². The number of nitrogens with one attached hydrogen (secondary N) is 1. The standard InChI is InChI=1S/C23H29NO/c1-17(16-22(2,3)4)18-12-14-19(15-13-18)21(25)24-23(5,6)20-10-8-7-9-11-20/h7-16H,1-6H3,(H,24,25). The molecule has 0 saturated carbocycles. The Morgan fingerprint density at radius 2 is 1.36 bits per heavy atom. The normalized spacial score (nSPS) is 12.8. The molecule has 0 aliphatic heterocycles. The molecule has 0 fully saturated rings. The number of hydrogen-bond acceptors (Lipinski definition) is 1. The second-order valence-electron chi connectivity index (χ2n) is 8.22. The van der Waals surface area contributed by atoms with Gasteiger partial charge in [0.1, 0.15) is 0 Å². The number of allylic oxidation sites excluding steroid dienone is 2. The summed E-state index contributed by atoms with van der Waals surface area (Å²) in [6.45, 7) is 12.7. The van der Waals surface area contributed by atoms with Gasteiger partial charge in [-0.3, -0.25) is 4.79 Å². The molecule has 0 bridgehead atoms. The number of carbonyl (C=O) groups is 1. The molecule has 0 aliphatic carbocycles. The van der Waals surface area contributed by atoms with E-state index in [0.717, 1.165) is 11.1 Å². The van der Waals surface area contributed by atoms with Crippen LogP contribution in [-0.2, 0) is 5.54 Å². The Morgan fingerprint density at radius 1 is 0.840 bits per heavy atom. The third-order valence-electron chi connectivity index (χ3n) is 4.17. The molecule has 0 saturated heterocycles. The van der Waals surface area contributed by atoms with Crippen molar-refractivity contribution in [2.24, 2.45) is 5.41 Å². The predicted octanol–water partition coefficient (Wildman–Crippen LogP) is 5.80. The van der Waals surface area contributed by atoms with Crippen LogP contribution in [0.15, 0.2) is 60.7 Å². The average Bonchev–Trinajstić information content (AvgIpc) is 2.54. The van der Waals surface area contributed by atoms with Crippen molar-refractivity contribution in [3.8, 4) is 0 Å². The molecule has 2 rings (SSSR count). The predicted molar refractivity (Wildman–Crippen MR) is 106 cm³/mol. The molecule has 0 spiro atoms. The summed E-state index contributed by atoms with van der Waals surface area (Å²) in [5.74, 6) is -0.0575. The van der Waals surface area contributed by atoms with Gasteiger partial charge >= 0.3 is 0 Å². The van der Waals surface area contributed by atoms with E-state index in [1.54, 1.807) is 0 Å². The molecule has 132 valence electrons. The van der Waals surface area contributed by atoms with Crippen molar-refractivity contribution in [2.45, 2.75) is 47.1 Å². The maximum absolute atomic E-state index is 12.6. The lowest BCUT2D eigenvalue weighted by atomic mass is 9.91. The van der Waals surface area contributed by atoms with Gasteiger partial charge in [0.15, 0.2) is 0 Å². The van der Waals surface area contributed by atoms with Crippen LogP contribution in [0.25, 0.3) is 5.57 Å². The van der Waals surface area contributed by atoms with Crippen LogP contribution in [0.1, 0.15) is 63.0 Å². The summed E-state index contributed by atoms with van der Waals surface area (Å²) >= 11 is 0. The molecular weight excluding hydrogens is 306 g/mol. The van der Waals surface area contributed by atoms with Gasteiger partial charge in [0, 0.05) is 5.56 Å². The summed E-state index contributed by atoms with van der Waals surface area (Å²) in [5.41, 5.74) is 3.86. The molecule has 0 unspecified atom stereocenters. The van der Waals surface area contributed by atoms with Gasteiger partial charge in [-0.2, -0.15) is 0 Å². The monoisotopic (exact) mass is 335 g/mol. The first-order valence-corrected chi connectivity index (χ1v) is 8.76. The summed E-state index contributed by atoms with van der Waals surface area (Å²) in [6.07, 6.45) is 2.25. The van der Waals surface area contributed by atoms with E-state index in [9.17, 15) is 4.79 Å². The summed E-state index contributed by atoms with van der Waals surface area (Å²) in [6, 6.07) is 17.8. The van der Waals surface area contributed by atoms with Crippen LogP contribution in [-0.4, -0.2) is 5.91 Å².